The van der Waals surface area contributed by atoms with Crippen LogP contribution in [0.1, 0.15) is 29.1 Å². The van der Waals surface area contributed by atoms with Gasteiger partial charge < -0.3 is 15.3 Å². The molecule has 0 saturated carbocycles. The number of hydrogen-bond donors (Lipinski definition) is 3. The van der Waals surface area contributed by atoms with E-state index < -0.39 is 0 Å². The van der Waals surface area contributed by atoms with Crippen LogP contribution in [0.3, 0.4) is 0 Å². The molecule has 0 spiro atoms. The smallest absolute Gasteiger partial charge is 0.253 e. The number of nitrogens with zero attached hydrogens (tertiary/aromatic N) is 1. The lowest BCUT2D eigenvalue weighted by Gasteiger charge is -2.11. The molecule has 0 aliphatic carbocycles. The van der Waals surface area contributed by atoms with Crippen molar-refractivity contribution < 1.29 is 4.79 Å². The number of carbonyl (C=O) groups excluding carboxylic acids is 1. The summed E-state index contributed by atoms with van der Waals surface area (Å²) in [6.45, 7) is 1.82. The first kappa shape index (κ1) is 11.1. The molecule has 0 aliphatic rings. The monoisotopic (exact) mass is 232 g/mol. The van der Waals surface area contributed by atoms with Crippen LogP contribution in [-0.2, 0) is 0 Å². The maximum Gasteiger partial charge on any atom is 0.253 e. The molecule has 2 aromatic heterocycles. The largest absolute Gasteiger partial charge is 0.347 e. The molecule has 0 bridgehead atoms. The number of pyridine rings is 1. The molecule has 6 heteroatoms. The van der Waals surface area contributed by atoms with E-state index in [1.807, 2.05) is 6.92 Å². The van der Waals surface area contributed by atoms with Crippen molar-refractivity contribution in [2.75, 3.05) is 0 Å². The summed E-state index contributed by atoms with van der Waals surface area (Å²) in [5.74, 6) is 0.424. The second kappa shape index (κ2) is 4.65. The molecule has 0 aromatic carbocycles. The molecule has 1 atom stereocenters. The SMILES string of the molecule is CC(NC(=O)c1ccc(=O)[nH]c1)c1ncc[nH]1. The maximum absolute atomic E-state index is 11.8. The first-order chi connectivity index (χ1) is 8.16. The lowest BCUT2D eigenvalue weighted by Crippen LogP contribution is -2.27. The number of imidazole rings is 1. The van der Waals surface area contributed by atoms with Crippen LogP contribution in [0.25, 0.3) is 0 Å². The summed E-state index contributed by atoms with van der Waals surface area (Å²) >= 11 is 0. The third-order valence-electron chi connectivity index (χ3n) is 2.32. The van der Waals surface area contributed by atoms with Crippen LogP contribution in [0.5, 0.6) is 0 Å². The average molecular weight is 232 g/mol. The number of H-pyrrole nitrogens is 2. The van der Waals surface area contributed by atoms with Crippen molar-refractivity contribution in [1.29, 1.82) is 0 Å². The van der Waals surface area contributed by atoms with Gasteiger partial charge in [-0.2, -0.15) is 0 Å². The number of nitrogens with one attached hydrogen (secondary N) is 3. The molecule has 1 amide bonds. The van der Waals surface area contributed by atoms with Gasteiger partial charge in [-0.05, 0) is 13.0 Å². The molecule has 3 N–H and O–H groups in total. The Kier molecular flexibility index (Phi) is 3.04. The Hall–Kier alpha value is -2.37. The predicted molar refractivity (Wildman–Crippen MR) is 61.5 cm³/mol. The van der Waals surface area contributed by atoms with Gasteiger partial charge in [0.15, 0.2) is 0 Å². The van der Waals surface area contributed by atoms with Crippen LogP contribution < -0.4 is 10.9 Å². The predicted octanol–water partition coefficient (Wildman–Crippen LogP) is 0.589. The van der Waals surface area contributed by atoms with Gasteiger partial charge in [-0.1, -0.05) is 0 Å². The molecule has 1 unspecified atom stereocenters. The number of aromatic amines is 2. The first-order valence-corrected chi connectivity index (χ1v) is 5.15. The van der Waals surface area contributed by atoms with Gasteiger partial charge in [-0.15, -0.1) is 0 Å². The zero-order valence-corrected chi connectivity index (χ0v) is 9.23. The lowest BCUT2D eigenvalue weighted by molar-refractivity contribution is 0.0938. The van der Waals surface area contributed by atoms with Gasteiger partial charge in [0, 0.05) is 24.7 Å². The number of hydrogen-bond acceptors (Lipinski definition) is 3. The van der Waals surface area contributed by atoms with Gasteiger partial charge in [0.1, 0.15) is 5.82 Å². The molecular weight excluding hydrogens is 220 g/mol. The van der Waals surface area contributed by atoms with E-state index in [2.05, 4.69) is 20.3 Å². The maximum atomic E-state index is 11.8. The van der Waals surface area contributed by atoms with E-state index in [4.69, 9.17) is 0 Å². The average Bonchev–Trinajstić information content (AvgIpc) is 2.83. The minimum absolute atomic E-state index is 0.218. The molecule has 2 heterocycles. The highest BCUT2D eigenvalue weighted by molar-refractivity contribution is 5.93. The van der Waals surface area contributed by atoms with E-state index in [9.17, 15) is 9.59 Å². The number of aromatic nitrogens is 3. The molecule has 88 valence electrons. The van der Waals surface area contributed by atoms with Gasteiger partial charge in [0.2, 0.25) is 5.56 Å². The van der Waals surface area contributed by atoms with E-state index in [0.717, 1.165) is 0 Å². The molecule has 2 aromatic rings. The van der Waals surface area contributed by atoms with Crippen LogP contribution in [0, 0.1) is 0 Å². The number of carbonyl (C=O) groups is 1. The van der Waals surface area contributed by atoms with Gasteiger partial charge >= 0.3 is 0 Å². The van der Waals surface area contributed by atoms with Crippen molar-refractivity contribution in [2.24, 2.45) is 0 Å². The van der Waals surface area contributed by atoms with Crippen LogP contribution in [0.4, 0.5) is 0 Å². The molecular formula is C11H12N4O2. The molecule has 2 rings (SSSR count). The summed E-state index contributed by atoms with van der Waals surface area (Å²) in [5.41, 5.74) is 0.170. The van der Waals surface area contributed by atoms with Crippen molar-refractivity contribution in [1.82, 2.24) is 20.3 Å². The van der Waals surface area contributed by atoms with Crippen molar-refractivity contribution in [2.45, 2.75) is 13.0 Å². The van der Waals surface area contributed by atoms with Gasteiger partial charge in [0.05, 0.1) is 11.6 Å². The summed E-state index contributed by atoms with van der Waals surface area (Å²) < 4.78 is 0. The standard InChI is InChI=1S/C11H12N4O2/c1-7(10-12-4-5-13-10)15-11(17)8-2-3-9(16)14-6-8/h2-7H,1H3,(H,12,13)(H,14,16)(H,15,17). The van der Waals surface area contributed by atoms with E-state index in [1.165, 1.54) is 18.3 Å². The summed E-state index contributed by atoms with van der Waals surface area (Å²) in [4.78, 5) is 32.1. The quantitative estimate of drug-likeness (QED) is 0.723. The van der Waals surface area contributed by atoms with Crippen LogP contribution in [0.2, 0.25) is 0 Å². The topological polar surface area (TPSA) is 90.6 Å². The van der Waals surface area contributed by atoms with Crippen molar-refractivity contribution >= 4 is 5.91 Å². The zero-order valence-electron chi connectivity index (χ0n) is 9.23. The van der Waals surface area contributed by atoms with Gasteiger partial charge in [0.25, 0.3) is 5.91 Å². The summed E-state index contributed by atoms with van der Waals surface area (Å²) in [6, 6.07) is 2.57. The highest BCUT2D eigenvalue weighted by Gasteiger charge is 2.12. The minimum Gasteiger partial charge on any atom is -0.347 e. The second-order valence-corrected chi connectivity index (χ2v) is 3.61. The molecule has 6 nitrogen and oxygen atoms in total. The first-order valence-electron chi connectivity index (χ1n) is 5.15. The second-order valence-electron chi connectivity index (χ2n) is 3.61. The van der Waals surface area contributed by atoms with Crippen molar-refractivity contribution in [3.63, 3.8) is 0 Å². The third-order valence-corrected chi connectivity index (χ3v) is 2.32. The zero-order chi connectivity index (χ0) is 12.3. The van der Waals surface area contributed by atoms with Gasteiger partial charge in [-0.3, -0.25) is 9.59 Å². The highest BCUT2D eigenvalue weighted by Crippen LogP contribution is 2.06. The van der Waals surface area contributed by atoms with Crippen molar-refractivity contribution in [3.05, 3.63) is 52.5 Å². The lowest BCUT2D eigenvalue weighted by atomic mass is 10.2. The highest BCUT2D eigenvalue weighted by atomic mass is 16.2. The number of amides is 1. The van der Waals surface area contributed by atoms with Crippen LogP contribution in [0.15, 0.2) is 35.5 Å². The Labute approximate surface area is 97.1 Å². The molecule has 17 heavy (non-hydrogen) atoms. The Morgan fingerprint density at radius 2 is 2.24 bits per heavy atom. The number of rotatable bonds is 3. The summed E-state index contributed by atoms with van der Waals surface area (Å²) in [5, 5.41) is 2.76. The summed E-state index contributed by atoms with van der Waals surface area (Å²) in [7, 11) is 0. The Morgan fingerprint density at radius 3 is 2.82 bits per heavy atom. The van der Waals surface area contributed by atoms with Crippen molar-refractivity contribution in [3.8, 4) is 0 Å². The van der Waals surface area contributed by atoms with E-state index in [1.54, 1.807) is 12.4 Å². The fraction of sp³-hybridized carbons (Fsp3) is 0.182. The Bertz CT molecular complexity index is 539. The molecule has 0 aliphatic heterocycles. The van der Waals surface area contributed by atoms with E-state index in [0.29, 0.717) is 11.4 Å². The molecule has 0 fully saturated rings. The molecule has 0 radical (unpaired) electrons. The minimum atomic E-state index is -0.259. The molecule has 0 saturated heterocycles. The Morgan fingerprint density at radius 1 is 1.41 bits per heavy atom. The fourth-order valence-electron chi connectivity index (χ4n) is 1.41. The van der Waals surface area contributed by atoms with Gasteiger partial charge in [-0.25, -0.2) is 4.98 Å². The normalized spacial score (nSPS) is 12.1. The van der Waals surface area contributed by atoms with E-state index in [-0.39, 0.29) is 17.5 Å². The van der Waals surface area contributed by atoms with E-state index >= 15 is 0 Å². The third kappa shape index (κ3) is 2.60. The van der Waals surface area contributed by atoms with Crippen LogP contribution in [-0.4, -0.2) is 20.9 Å². The van der Waals surface area contributed by atoms with Crippen LogP contribution >= 0.6 is 0 Å². The summed E-state index contributed by atoms with van der Waals surface area (Å²) in [6.07, 6.45) is 4.70. The fourth-order valence-corrected chi connectivity index (χ4v) is 1.41. The Balaban J connectivity index is 2.07.